The van der Waals surface area contributed by atoms with Gasteiger partial charge in [-0.2, -0.15) is 0 Å². The van der Waals surface area contributed by atoms with E-state index in [1.807, 2.05) is 6.92 Å². The zero-order chi connectivity index (χ0) is 17.8. The number of fused-ring (bicyclic) bond motifs is 1. The van der Waals surface area contributed by atoms with Gasteiger partial charge in [0, 0.05) is 19.6 Å². The van der Waals surface area contributed by atoms with Crippen LogP contribution in [0.5, 0.6) is 0 Å². The number of hydrogen-bond donors (Lipinski definition) is 1. The van der Waals surface area contributed by atoms with Crippen molar-refractivity contribution in [3.63, 3.8) is 0 Å². The van der Waals surface area contributed by atoms with Crippen molar-refractivity contribution in [2.24, 2.45) is 4.99 Å². The molecule has 0 bridgehead atoms. The lowest BCUT2D eigenvalue weighted by Crippen LogP contribution is -2.44. The fourth-order valence-electron chi connectivity index (χ4n) is 2.68. The van der Waals surface area contributed by atoms with Crippen LogP contribution in [0.1, 0.15) is 38.8 Å². The van der Waals surface area contributed by atoms with E-state index >= 15 is 0 Å². The second kappa shape index (κ2) is 7.55. The lowest BCUT2D eigenvalue weighted by Gasteiger charge is -2.31. The molecular formula is C18H29N3O2S. The highest BCUT2D eigenvalue weighted by molar-refractivity contribution is 7.92. The Morgan fingerprint density at radius 2 is 1.92 bits per heavy atom. The van der Waals surface area contributed by atoms with Crippen LogP contribution in [0.25, 0.3) is 0 Å². The van der Waals surface area contributed by atoms with Gasteiger partial charge in [-0.05, 0) is 45.2 Å². The normalized spacial score (nSPS) is 16.0. The summed E-state index contributed by atoms with van der Waals surface area (Å²) >= 11 is 0. The molecule has 6 heteroatoms. The maximum atomic E-state index is 12.2. The fourth-order valence-corrected chi connectivity index (χ4v) is 3.62. The summed E-state index contributed by atoms with van der Waals surface area (Å²) in [6, 6.07) is 8.45. The number of aliphatic imine (C=N–C) groups is 1. The molecular weight excluding hydrogens is 322 g/mol. The number of benzene rings is 1. The molecule has 2 rings (SSSR count). The molecule has 0 radical (unpaired) electrons. The van der Waals surface area contributed by atoms with Gasteiger partial charge in [-0.1, -0.05) is 24.3 Å². The first-order chi connectivity index (χ1) is 11.2. The van der Waals surface area contributed by atoms with E-state index in [9.17, 15) is 8.42 Å². The Bertz CT molecular complexity index is 690. The Labute approximate surface area is 146 Å². The maximum Gasteiger partial charge on any atom is 0.194 e. The molecule has 0 atom stereocenters. The molecule has 0 aromatic heterocycles. The number of nitrogens with zero attached hydrogens (tertiary/aromatic N) is 2. The van der Waals surface area contributed by atoms with Crippen molar-refractivity contribution < 1.29 is 8.42 Å². The molecule has 5 nitrogen and oxygen atoms in total. The van der Waals surface area contributed by atoms with Gasteiger partial charge < -0.3 is 10.2 Å². The van der Waals surface area contributed by atoms with Gasteiger partial charge in [-0.3, -0.25) is 4.99 Å². The van der Waals surface area contributed by atoms with E-state index in [0.717, 1.165) is 32.0 Å². The maximum absolute atomic E-state index is 12.2. The molecule has 1 N–H and O–H groups in total. The molecule has 1 heterocycles. The second-order valence-electron chi connectivity index (χ2n) is 7.11. The van der Waals surface area contributed by atoms with Crippen LogP contribution in [-0.4, -0.2) is 49.4 Å². The van der Waals surface area contributed by atoms with E-state index in [-0.39, 0.29) is 5.75 Å². The van der Waals surface area contributed by atoms with Crippen molar-refractivity contribution in [2.75, 3.05) is 25.4 Å². The number of nitrogens with one attached hydrogen (secondary N) is 1. The van der Waals surface area contributed by atoms with Crippen molar-refractivity contribution in [3.8, 4) is 0 Å². The van der Waals surface area contributed by atoms with E-state index in [1.54, 1.807) is 20.8 Å². The van der Waals surface area contributed by atoms with Crippen LogP contribution >= 0.6 is 0 Å². The molecule has 0 fully saturated rings. The highest BCUT2D eigenvalue weighted by atomic mass is 32.2. The highest BCUT2D eigenvalue weighted by Gasteiger charge is 2.28. The van der Waals surface area contributed by atoms with E-state index in [0.29, 0.717) is 6.54 Å². The Balaban J connectivity index is 2.07. The third kappa shape index (κ3) is 4.50. The minimum atomic E-state index is -3.14. The van der Waals surface area contributed by atoms with Crippen LogP contribution in [0.15, 0.2) is 29.3 Å². The molecule has 134 valence electrons. The summed E-state index contributed by atoms with van der Waals surface area (Å²) in [4.78, 5) is 6.76. The van der Waals surface area contributed by atoms with Gasteiger partial charge >= 0.3 is 0 Å². The molecule has 0 aliphatic carbocycles. The van der Waals surface area contributed by atoms with Crippen LogP contribution in [-0.2, 0) is 22.8 Å². The molecule has 0 spiro atoms. The SMILES string of the molecule is CCNC(=NCCS(=O)(=O)C(C)(C)C)N1CCc2ccccc2C1. The Morgan fingerprint density at radius 1 is 1.25 bits per heavy atom. The van der Waals surface area contributed by atoms with Crippen molar-refractivity contribution in [1.29, 1.82) is 0 Å². The van der Waals surface area contributed by atoms with Gasteiger partial charge in [0.15, 0.2) is 15.8 Å². The summed E-state index contributed by atoms with van der Waals surface area (Å²) in [7, 11) is -3.14. The first kappa shape index (κ1) is 18.8. The molecule has 0 amide bonds. The first-order valence-corrected chi connectivity index (χ1v) is 10.2. The van der Waals surface area contributed by atoms with Gasteiger partial charge in [-0.25, -0.2) is 8.42 Å². The second-order valence-corrected chi connectivity index (χ2v) is 9.97. The topological polar surface area (TPSA) is 61.8 Å². The van der Waals surface area contributed by atoms with Gasteiger partial charge in [-0.15, -0.1) is 0 Å². The third-order valence-electron chi connectivity index (χ3n) is 4.32. The summed E-state index contributed by atoms with van der Waals surface area (Å²) < 4.78 is 23.7. The lowest BCUT2D eigenvalue weighted by atomic mass is 10.0. The summed E-state index contributed by atoms with van der Waals surface area (Å²) in [6.07, 6.45) is 0.987. The summed E-state index contributed by atoms with van der Waals surface area (Å²) in [6.45, 7) is 10.0. The van der Waals surface area contributed by atoms with Crippen molar-refractivity contribution in [2.45, 2.75) is 45.4 Å². The molecule has 0 saturated carbocycles. The molecule has 1 aromatic carbocycles. The zero-order valence-electron chi connectivity index (χ0n) is 15.2. The van der Waals surface area contributed by atoms with Gasteiger partial charge in [0.25, 0.3) is 0 Å². The lowest BCUT2D eigenvalue weighted by molar-refractivity contribution is 0.379. The first-order valence-electron chi connectivity index (χ1n) is 8.57. The van der Waals surface area contributed by atoms with Crippen LogP contribution in [0.4, 0.5) is 0 Å². The molecule has 1 aromatic rings. The van der Waals surface area contributed by atoms with Crippen molar-refractivity contribution >= 4 is 15.8 Å². The van der Waals surface area contributed by atoms with Crippen LogP contribution in [0.3, 0.4) is 0 Å². The quantitative estimate of drug-likeness (QED) is 0.667. The number of sulfone groups is 1. The smallest absolute Gasteiger partial charge is 0.194 e. The predicted octanol–water partition coefficient (Wildman–Crippen LogP) is 2.22. The average Bonchev–Trinajstić information content (AvgIpc) is 2.52. The monoisotopic (exact) mass is 351 g/mol. The van der Waals surface area contributed by atoms with Gasteiger partial charge in [0.2, 0.25) is 0 Å². The predicted molar refractivity (Wildman–Crippen MR) is 100 cm³/mol. The van der Waals surface area contributed by atoms with Gasteiger partial charge in [0.1, 0.15) is 0 Å². The Morgan fingerprint density at radius 3 is 2.54 bits per heavy atom. The fraction of sp³-hybridized carbons (Fsp3) is 0.611. The molecule has 0 saturated heterocycles. The van der Waals surface area contributed by atoms with Crippen molar-refractivity contribution in [3.05, 3.63) is 35.4 Å². The summed E-state index contributed by atoms with van der Waals surface area (Å²) in [5.74, 6) is 0.881. The van der Waals surface area contributed by atoms with E-state index in [1.165, 1.54) is 11.1 Å². The average molecular weight is 352 g/mol. The number of rotatable bonds is 4. The standard InChI is InChI=1S/C18H29N3O2S/c1-5-19-17(20-11-13-24(22,23)18(2,3)4)21-12-10-15-8-6-7-9-16(15)14-21/h6-9H,5,10-14H2,1-4H3,(H,19,20). The largest absolute Gasteiger partial charge is 0.357 e. The number of guanidine groups is 1. The summed E-state index contributed by atoms with van der Waals surface area (Å²) in [5, 5.41) is 3.29. The zero-order valence-corrected chi connectivity index (χ0v) is 16.0. The minimum absolute atomic E-state index is 0.0792. The highest BCUT2D eigenvalue weighted by Crippen LogP contribution is 2.19. The third-order valence-corrected chi connectivity index (χ3v) is 6.91. The molecule has 0 unspecified atom stereocenters. The Kier molecular flexibility index (Phi) is 5.91. The van der Waals surface area contributed by atoms with E-state index in [4.69, 9.17) is 0 Å². The van der Waals surface area contributed by atoms with E-state index in [2.05, 4.69) is 39.5 Å². The minimum Gasteiger partial charge on any atom is -0.357 e. The van der Waals surface area contributed by atoms with Crippen LogP contribution in [0.2, 0.25) is 0 Å². The van der Waals surface area contributed by atoms with Crippen molar-refractivity contribution in [1.82, 2.24) is 10.2 Å². The van der Waals surface area contributed by atoms with Crippen LogP contribution < -0.4 is 5.32 Å². The number of hydrogen-bond acceptors (Lipinski definition) is 3. The Hall–Kier alpha value is -1.56. The molecule has 24 heavy (non-hydrogen) atoms. The van der Waals surface area contributed by atoms with Crippen LogP contribution in [0, 0.1) is 0 Å². The summed E-state index contributed by atoms with van der Waals surface area (Å²) in [5.41, 5.74) is 2.71. The van der Waals surface area contributed by atoms with E-state index < -0.39 is 14.6 Å². The molecule has 1 aliphatic heterocycles. The molecule has 1 aliphatic rings. The van der Waals surface area contributed by atoms with Gasteiger partial charge in [0.05, 0.1) is 17.0 Å².